The molecule has 10 heavy (non-hydrogen) atoms. The number of aliphatic hydroxyl groups excluding tert-OH is 1. The van der Waals surface area contributed by atoms with Crippen LogP contribution in [-0.4, -0.2) is 27.1 Å². The molecule has 1 rings (SSSR count). The lowest BCUT2D eigenvalue weighted by Gasteiger charge is -1.91. The van der Waals surface area contributed by atoms with Crippen molar-refractivity contribution in [3.63, 3.8) is 0 Å². The normalized spacial score (nSPS) is 10.2. The summed E-state index contributed by atoms with van der Waals surface area (Å²) >= 11 is 0. The Morgan fingerprint density at radius 2 is 2.10 bits per heavy atom. The molecule has 1 aromatic rings. The number of nitrogens with one attached hydrogen (secondary N) is 1. The second-order valence-electron chi connectivity index (χ2n) is 2.04. The highest BCUT2D eigenvalue weighted by molar-refractivity contribution is 5.07. The number of aromatic nitrogens is 3. The van der Waals surface area contributed by atoms with E-state index in [2.05, 4.69) is 15.4 Å². The highest BCUT2D eigenvalue weighted by atomic mass is 16.3. The molecule has 0 amide bonds. The standard InChI is InChI=1S/C6H11N3O/c1-2-5-6(3-4-10)8-9-7-5/h10H,2-4H2,1H3,(H,7,8,9). The molecule has 4 nitrogen and oxygen atoms in total. The van der Waals surface area contributed by atoms with Crippen molar-refractivity contribution < 1.29 is 5.11 Å². The van der Waals surface area contributed by atoms with Gasteiger partial charge >= 0.3 is 0 Å². The summed E-state index contributed by atoms with van der Waals surface area (Å²) in [6.45, 7) is 2.15. The van der Waals surface area contributed by atoms with Crippen molar-refractivity contribution in [2.45, 2.75) is 19.8 Å². The minimum Gasteiger partial charge on any atom is -0.396 e. The summed E-state index contributed by atoms with van der Waals surface area (Å²) in [6, 6.07) is 0. The summed E-state index contributed by atoms with van der Waals surface area (Å²) in [5.41, 5.74) is 1.83. The topological polar surface area (TPSA) is 61.8 Å². The van der Waals surface area contributed by atoms with E-state index in [-0.39, 0.29) is 6.61 Å². The molecule has 2 N–H and O–H groups in total. The smallest absolute Gasteiger partial charge is 0.0879 e. The molecule has 0 saturated heterocycles. The van der Waals surface area contributed by atoms with Gasteiger partial charge in [-0.2, -0.15) is 15.4 Å². The van der Waals surface area contributed by atoms with Crippen LogP contribution in [0.25, 0.3) is 0 Å². The molecule has 1 heterocycles. The number of aliphatic hydroxyl groups is 1. The fraction of sp³-hybridized carbons (Fsp3) is 0.667. The number of nitrogens with zero attached hydrogens (tertiary/aromatic N) is 2. The molecular weight excluding hydrogens is 130 g/mol. The lowest BCUT2D eigenvalue weighted by atomic mass is 10.2. The number of H-pyrrole nitrogens is 1. The van der Waals surface area contributed by atoms with Crippen LogP contribution < -0.4 is 0 Å². The quantitative estimate of drug-likeness (QED) is 0.618. The maximum absolute atomic E-state index is 8.58. The van der Waals surface area contributed by atoms with E-state index in [9.17, 15) is 0 Å². The molecular formula is C6H11N3O. The van der Waals surface area contributed by atoms with Crippen molar-refractivity contribution in [3.05, 3.63) is 11.4 Å². The van der Waals surface area contributed by atoms with Gasteiger partial charge in [-0.3, -0.25) is 0 Å². The lowest BCUT2D eigenvalue weighted by Crippen LogP contribution is -1.95. The minimum atomic E-state index is 0.138. The third-order valence-electron chi connectivity index (χ3n) is 1.39. The van der Waals surface area contributed by atoms with Crippen LogP contribution in [0.4, 0.5) is 0 Å². The Kier molecular flexibility index (Phi) is 2.39. The Hall–Kier alpha value is -0.900. The van der Waals surface area contributed by atoms with Crippen molar-refractivity contribution in [2.24, 2.45) is 0 Å². The van der Waals surface area contributed by atoms with Crippen LogP contribution in [0, 0.1) is 0 Å². The Labute approximate surface area is 59.3 Å². The largest absolute Gasteiger partial charge is 0.396 e. The molecule has 1 aromatic heterocycles. The molecule has 0 aromatic carbocycles. The minimum absolute atomic E-state index is 0.138. The van der Waals surface area contributed by atoms with Crippen LogP contribution in [-0.2, 0) is 12.8 Å². The molecule has 0 saturated carbocycles. The van der Waals surface area contributed by atoms with Crippen molar-refractivity contribution in [1.29, 1.82) is 0 Å². The summed E-state index contributed by atoms with van der Waals surface area (Å²) in [5.74, 6) is 0. The summed E-state index contributed by atoms with van der Waals surface area (Å²) < 4.78 is 0. The molecule has 0 spiro atoms. The molecule has 0 aliphatic rings. The van der Waals surface area contributed by atoms with Crippen LogP contribution >= 0.6 is 0 Å². The Bertz CT molecular complexity index is 197. The zero-order valence-electron chi connectivity index (χ0n) is 5.96. The number of hydrogen-bond acceptors (Lipinski definition) is 3. The Morgan fingerprint density at radius 1 is 1.40 bits per heavy atom. The molecule has 4 heteroatoms. The third kappa shape index (κ3) is 1.33. The van der Waals surface area contributed by atoms with Gasteiger partial charge in [0.05, 0.1) is 11.4 Å². The van der Waals surface area contributed by atoms with E-state index >= 15 is 0 Å². The second kappa shape index (κ2) is 3.31. The van der Waals surface area contributed by atoms with Crippen LogP contribution in [0.2, 0.25) is 0 Å². The van der Waals surface area contributed by atoms with Crippen LogP contribution in [0.5, 0.6) is 0 Å². The molecule has 0 atom stereocenters. The molecule has 0 aliphatic carbocycles. The average molecular weight is 141 g/mol. The number of aromatic amines is 1. The fourth-order valence-electron chi connectivity index (χ4n) is 0.864. The van der Waals surface area contributed by atoms with E-state index in [0.717, 1.165) is 17.8 Å². The SMILES string of the molecule is CCc1n[nH]nc1CCO. The predicted molar refractivity (Wildman–Crippen MR) is 36.6 cm³/mol. The molecule has 0 aliphatic heterocycles. The maximum Gasteiger partial charge on any atom is 0.0879 e. The van der Waals surface area contributed by atoms with Gasteiger partial charge in [0.1, 0.15) is 0 Å². The first-order valence-electron chi connectivity index (χ1n) is 3.37. The van der Waals surface area contributed by atoms with E-state index in [4.69, 9.17) is 5.11 Å². The van der Waals surface area contributed by atoms with Crippen LogP contribution in [0.15, 0.2) is 0 Å². The predicted octanol–water partition coefficient (Wildman–Crippen LogP) is -0.0981. The monoisotopic (exact) mass is 141 g/mol. The molecule has 0 unspecified atom stereocenters. The van der Waals surface area contributed by atoms with Gasteiger partial charge in [0.15, 0.2) is 0 Å². The maximum atomic E-state index is 8.58. The Morgan fingerprint density at radius 3 is 2.70 bits per heavy atom. The first-order chi connectivity index (χ1) is 4.88. The number of hydrogen-bond donors (Lipinski definition) is 2. The highest BCUT2D eigenvalue weighted by Gasteiger charge is 2.02. The van der Waals surface area contributed by atoms with Gasteiger partial charge in [-0.05, 0) is 6.42 Å². The first kappa shape index (κ1) is 7.21. The number of rotatable bonds is 3. The van der Waals surface area contributed by atoms with Gasteiger partial charge in [0, 0.05) is 13.0 Å². The van der Waals surface area contributed by atoms with E-state index in [0.29, 0.717) is 6.42 Å². The number of aryl methyl sites for hydroxylation is 1. The molecule has 0 fully saturated rings. The zero-order chi connectivity index (χ0) is 7.40. The third-order valence-corrected chi connectivity index (χ3v) is 1.39. The van der Waals surface area contributed by atoms with Crippen LogP contribution in [0.3, 0.4) is 0 Å². The Balaban J connectivity index is 2.70. The summed E-state index contributed by atoms with van der Waals surface area (Å²) in [7, 11) is 0. The van der Waals surface area contributed by atoms with Crippen molar-refractivity contribution >= 4 is 0 Å². The first-order valence-corrected chi connectivity index (χ1v) is 3.37. The highest BCUT2D eigenvalue weighted by Crippen LogP contribution is 2.01. The van der Waals surface area contributed by atoms with Crippen molar-refractivity contribution in [3.8, 4) is 0 Å². The van der Waals surface area contributed by atoms with Crippen molar-refractivity contribution in [1.82, 2.24) is 15.4 Å². The second-order valence-corrected chi connectivity index (χ2v) is 2.04. The van der Waals surface area contributed by atoms with Crippen LogP contribution in [0.1, 0.15) is 18.3 Å². The van der Waals surface area contributed by atoms with Gasteiger partial charge in [0.25, 0.3) is 0 Å². The van der Waals surface area contributed by atoms with Gasteiger partial charge in [0.2, 0.25) is 0 Å². The van der Waals surface area contributed by atoms with E-state index in [1.807, 2.05) is 6.92 Å². The molecule has 0 bridgehead atoms. The zero-order valence-corrected chi connectivity index (χ0v) is 5.96. The molecule has 56 valence electrons. The fourth-order valence-corrected chi connectivity index (χ4v) is 0.864. The summed E-state index contributed by atoms with van der Waals surface area (Å²) in [6.07, 6.45) is 1.46. The van der Waals surface area contributed by atoms with Crippen molar-refractivity contribution in [2.75, 3.05) is 6.61 Å². The van der Waals surface area contributed by atoms with E-state index in [1.54, 1.807) is 0 Å². The molecule has 0 radical (unpaired) electrons. The average Bonchev–Trinajstić information content (AvgIpc) is 2.36. The summed E-state index contributed by atoms with van der Waals surface area (Å²) in [5, 5.41) is 18.9. The van der Waals surface area contributed by atoms with Gasteiger partial charge in [-0.1, -0.05) is 6.92 Å². The van der Waals surface area contributed by atoms with Gasteiger partial charge in [-0.25, -0.2) is 0 Å². The van der Waals surface area contributed by atoms with E-state index < -0.39 is 0 Å². The van der Waals surface area contributed by atoms with E-state index in [1.165, 1.54) is 0 Å². The van der Waals surface area contributed by atoms with Gasteiger partial charge < -0.3 is 5.11 Å². The summed E-state index contributed by atoms with van der Waals surface area (Å²) in [4.78, 5) is 0. The lowest BCUT2D eigenvalue weighted by molar-refractivity contribution is 0.298. The van der Waals surface area contributed by atoms with Gasteiger partial charge in [-0.15, -0.1) is 0 Å².